The number of rotatable bonds is 4. The molecular formula is C20H17N5O. The van der Waals surface area contributed by atoms with Crippen LogP contribution in [0.1, 0.15) is 16.7 Å². The summed E-state index contributed by atoms with van der Waals surface area (Å²) in [7, 11) is 1.60. The third kappa shape index (κ3) is 2.60. The van der Waals surface area contributed by atoms with Crippen molar-refractivity contribution in [3.05, 3.63) is 65.4 Å². The first-order valence-electron chi connectivity index (χ1n) is 8.25. The first-order valence-corrected chi connectivity index (χ1v) is 8.25. The Kier molecular flexibility index (Phi) is 3.90. The Balaban J connectivity index is 1.82. The van der Waals surface area contributed by atoms with Gasteiger partial charge in [0.1, 0.15) is 11.9 Å². The van der Waals surface area contributed by atoms with Crippen LogP contribution in [-0.4, -0.2) is 21.5 Å². The molecule has 1 aromatic carbocycles. The number of hydrogen-bond donors (Lipinski definition) is 1. The van der Waals surface area contributed by atoms with Crippen molar-refractivity contribution in [1.82, 2.24) is 14.4 Å². The molecular weight excluding hydrogens is 326 g/mol. The van der Waals surface area contributed by atoms with Crippen LogP contribution in [0.25, 0.3) is 16.7 Å². The monoisotopic (exact) mass is 343 g/mol. The van der Waals surface area contributed by atoms with Crippen molar-refractivity contribution in [2.75, 3.05) is 12.4 Å². The largest absolute Gasteiger partial charge is 0.481 e. The molecule has 0 saturated heterocycles. The summed E-state index contributed by atoms with van der Waals surface area (Å²) in [6.07, 6.45) is 1.72. The predicted octanol–water partition coefficient (Wildman–Crippen LogP) is 3.68. The van der Waals surface area contributed by atoms with Gasteiger partial charge in [0, 0.05) is 18.8 Å². The second-order valence-electron chi connectivity index (χ2n) is 6.02. The van der Waals surface area contributed by atoms with E-state index in [1.807, 2.05) is 53.8 Å². The molecule has 0 aliphatic heterocycles. The lowest BCUT2D eigenvalue weighted by atomic mass is 10.1. The van der Waals surface area contributed by atoms with Crippen molar-refractivity contribution in [2.24, 2.45) is 0 Å². The second kappa shape index (κ2) is 6.37. The number of nitrogens with zero attached hydrogens (tertiary/aromatic N) is 4. The highest BCUT2D eigenvalue weighted by molar-refractivity contribution is 5.85. The van der Waals surface area contributed by atoms with Crippen LogP contribution in [0, 0.1) is 18.3 Å². The highest BCUT2D eigenvalue weighted by Gasteiger charge is 2.14. The summed E-state index contributed by atoms with van der Waals surface area (Å²) >= 11 is 0. The Morgan fingerprint density at radius 1 is 1.23 bits per heavy atom. The molecule has 0 aliphatic rings. The Bertz CT molecular complexity index is 1160. The molecule has 0 saturated carbocycles. The van der Waals surface area contributed by atoms with Crippen LogP contribution >= 0.6 is 0 Å². The maximum absolute atomic E-state index is 9.55. The van der Waals surface area contributed by atoms with Crippen LogP contribution in [0.4, 0.5) is 5.82 Å². The molecule has 1 N–H and O–H groups in total. The quantitative estimate of drug-likeness (QED) is 0.612. The minimum absolute atomic E-state index is 0.582. The summed E-state index contributed by atoms with van der Waals surface area (Å²) in [6.45, 7) is 2.53. The van der Waals surface area contributed by atoms with E-state index in [9.17, 15) is 5.26 Å². The molecule has 128 valence electrons. The van der Waals surface area contributed by atoms with Gasteiger partial charge >= 0.3 is 0 Å². The fraction of sp³-hybridized carbons (Fsp3) is 0.150. The van der Waals surface area contributed by atoms with E-state index in [0.29, 0.717) is 23.6 Å². The maximum atomic E-state index is 9.55. The normalized spacial score (nSPS) is 10.8. The molecule has 4 rings (SSSR count). The molecule has 6 heteroatoms. The number of methoxy groups -OCH3 is 1. The number of benzene rings is 1. The summed E-state index contributed by atoms with van der Waals surface area (Å²) in [4.78, 5) is 8.79. The molecule has 0 bridgehead atoms. The van der Waals surface area contributed by atoms with Gasteiger partial charge in [-0.15, -0.1) is 0 Å². The number of pyridine rings is 2. The van der Waals surface area contributed by atoms with Gasteiger partial charge in [0.25, 0.3) is 0 Å². The van der Waals surface area contributed by atoms with E-state index in [2.05, 4.69) is 21.4 Å². The Hall–Kier alpha value is -3.59. The number of aryl methyl sites for hydroxylation is 1. The lowest BCUT2D eigenvalue weighted by Crippen LogP contribution is -2.06. The third-order valence-electron chi connectivity index (χ3n) is 4.37. The summed E-state index contributed by atoms with van der Waals surface area (Å²) in [5.41, 5.74) is 5.04. The fourth-order valence-electron chi connectivity index (χ4n) is 3.09. The molecule has 0 fully saturated rings. The van der Waals surface area contributed by atoms with Crippen molar-refractivity contribution in [3.63, 3.8) is 0 Å². The highest BCUT2D eigenvalue weighted by Crippen LogP contribution is 2.27. The molecule has 6 nitrogen and oxygen atoms in total. The SMILES string of the molecule is COc1cc(CNc2cc(C)c(C#N)c3nc4ccccc4n23)ccn1. The number of para-hydroxylation sites is 2. The van der Waals surface area contributed by atoms with E-state index in [-0.39, 0.29) is 0 Å². The van der Waals surface area contributed by atoms with Gasteiger partial charge in [0.15, 0.2) is 5.65 Å². The summed E-state index contributed by atoms with van der Waals surface area (Å²) in [5.74, 6) is 1.47. The molecule has 0 radical (unpaired) electrons. The maximum Gasteiger partial charge on any atom is 0.213 e. The zero-order valence-electron chi connectivity index (χ0n) is 14.5. The molecule has 3 heterocycles. The topological polar surface area (TPSA) is 75.2 Å². The number of ether oxygens (including phenoxy) is 1. The lowest BCUT2D eigenvalue weighted by molar-refractivity contribution is 0.397. The average Bonchev–Trinajstić information content (AvgIpc) is 3.05. The Morgan fingerprint density at radius 2 is 2.08 bits per heavy atom. The summed E-state index contributed by atoms with van der Waals surface area (Å²) in [6, 6.07) is 16.0. The van der Waals surface area contributed by atoms with E-state index in [1.54, 1.807) is 13.3 Å². The molecule has 4 aromatic rings. The van der Waals surface area contributed by atoms with Crippen LogP contribution < -0.4 is 10.1 Å². The van der Waals surface area contributed by atoms with Crippen molar-refractivity contribution in [2.45, 2.75) is 13.5 Å². The van der Waals surface area contributed by atoms with Gasteiger partial charge in [-0.05, 0) is 42.3 Å². The number of nitriles is 1. The van der Waals surface area contributed by atoms with Crippen molar-refractivity contribution < 1.29 is 4.74 Å². The van der Waals surface area contributed by atoms with Crippen LogP contribution in [0.3, 0.4) is 0 Å². The fourth-order valence-corrected chi connectivity index (χ4v) is 3.09. The van der Waals surface area contributed by atoms with Gasteiger partial charge in [0.2, 0.25) is 5.88 Å². The molecule has 3 aromatic heterocycles. The number of imidazole rings is 1. The van der Waals surface area contributed by atoms with Crippen molar-refractivity contribution in [3.8, 4) is 11.9 Å². The summed E-state index contributed by atoms with van der Waals surface area (Å²) < 4.78 is 7.18. The highest BCUT2D eigenvalue weighted by atomic mass is 16.5. The van der Waals surface area contributed by atoms with E-state index in [0.717, 1.165) is 28.0 Å². The predicted molar refractivity (Wildman–Crippen MR) is 100 cm³/mol. The Labute approximate surface area is 150 Å². The second-order valence-corrected chi connectivity index (χ2v) is 6.02. The first-order chi connectivity index (χ1) is 12.7. The minimum atomic E-state index is 0.582. The zero-order chi connectivity index (χ0) is 18.1. The minimum Gasteiger partial charge on any atom is -0.481 e. The van der Waals surface area contributed by atoms with E-state index in [4.69, 9.17) is 4.74 Å². The van der Waals surface area contributed by atoms with Gasteiger partial charge in [-0.3, -0.25) is 4.40 Å². The van der Waals surface area contributed by atoms with Crippen molar-refractivity contribution >= 4 is 22.5 Å². The number of hydrogen-bond acceptors (Lipinski definition) is 5. The van der Waals surface area contributed by atoms with Gasteiger partial charge in [-0.2, -0.15) is 5.26 Å². The van der Waals surface area contributed by atoms with Crippen LogP contribution in [0.15, 0.2) is 48.7 Å². The van der Waals surface area contributed by atoms with Crippen molar-refractivity contribution in [1.29, 1.82) is 5.26 Å². The molecule has 0 spiro atoms. The number of aromatic nitrogens is 3. The molecule has 0 atom stereocenters. The van der Waals surface area contributed by atoms with Crippen LogP contribution in [-0.2, 0) is 6.54 Å². The van der Waals surface area contributed by atoms with E-state index in [1.165, 1.54) is 0 Å². The van der Waals surface area contributed by atoms with Gasteiger partial charge in [-0.25, -0.2) is 9.97 Å². The zero-order valence-corrected chi connectivity index (χ0v) is 14.5. The van der Waals surface area contributed by atoms with Gasteiger partial charge in [-0.1, -0.05) is 12.1 Å². The molecule has 0 amide bonds. The van der Waals surface area contributed by atoms with E-state index >= 15 is 0 Å². The number of nitrogens with one attached hydrogen (secondary N) is 1. The number of anilines is 1. The molecule has 26 heavy (non-hydrogen) atoms. The van der Waals surface area contributed by atoms with E-state index < -0.39 is 0 Å². The molecule has 0 unspecified atom stereocenters. The summed E-state index contributed by atoms with van der Waals surface area (Å²) in [5, 5.41) is 13.0. The standard InChI is InChI=1S/C20H17N5O/c1-13-9-18(23-12-14-7-8-22-19(10-14)26-2)25-17-6-4-3-5-16(17)24-20(25)15(13)11-21/h3-10,23H,12H2,1-2H3. The number of fused-ring (bicyclic) bond motifs is 3. The Morgan fingerprint density at radius 3 is 2.88 bits per heavy atom. The van der Waals surface area contributed by atoms with Crippen LogP contribution in [0.5, 0.6) is 5.88 Å². The van der Waals surface area contributed by atoms with Crippen LogP contribution in [0.2, 0.25) is 0 Å². The lowest BCUT2D eigenvalue weighted by Gasteiger charge is -2.13. The third-order valence-corrected chi connectivity index (χ3v) is 4.37. The average molecular weight is 343 g/mol. The first kappa shape index (κ1) is 15.9. The van der Waals surface area contributed by atoms with Gasteiger partial charge < -0.3 is 10.1 Å². The van der Waals surface area contributed by atoms with Gasteiger partial charge in [0.05, 0.1) is 23.7 Å². The molecule has 0 aliphatic carbocycles. The smallest absolute Gasteiger partial charge is 0.213 e.